The fraction of sp³-hybridized carbons (Fsp3) is 0.625. The number of hydrogen-bond acceptors (Lipinski definition) is 7. The summed E-state index contributed by atoms with van der Waals surface area (Å²) in [6, 6.07) is 0. The van der Waals surface area contributed by atoms with Crippen molar-refractivity contribution in [2.75, 3.05) is 19.8 Å². The Hall–Kier alpha value is -2.58. The molecule has 3 rings (SSSR count). The Balaban J connectivity index is 0.000000191. The molecule has 2 fully saturated rings. The number of carbonyl (C=O) groups excluding carboxylic acids is 3. The first-order valence-corrected chi connectivity index (χ1v) is 8.09. The molecule has 2 aliphatic rings. The summed E-state index contributed by atoms with van der Waals surface area (Å²) < 4.78 is 16.6. The Labute approximate surface area is 146 Å². The standard InChI is InChI=1S/C6H8N2O2.C6H10O2.C4H6O3/c1-7-3-4-8(2)5(7)6(9)10;7-6-4-2-1-3-5-8-6;5-4-6-2-1-3-7-4/h3-4H,1-2H3;1-5H2;1-3H2. The number of imidazole rings is 1. The SMILES string of the molecule is Cn1cc[n+](C)c1C(=O)[O-].O=C1CCCCCO1.O=C1OCCCO1. The summed E-state index contributed by atoms with van der Waals surface area (Å²) in [6.07, 6.45) is 7.43. The number of nitrogens with zero attached hydrogens (tertiary/aromatic N) is 2. The highest BCUT2D eigenvalue weighted by Gasteiger charge is 2.11. The molecule has 0 unspecified atom stereocenters. The van der Waals surface area contributed by atoms with Crippen molar-refractivity contribution in [1.82, 2.24) is 4.57 Å². The lowest BCUT2D eigenvalue weighted by molar-refractivity contribution is -0.675. The average Bonchev–Trinajstić information content (AvgIpc) is 2.75. The van der Waals surface area contributed by atoms with E-state index in [2.05, 4.69) is 9.47 Å². The van der Waals surface area contributed by atoms with Gasteiger partial charge in [0.15, 0.2) is 5.97 Å². The fourth-order valence-corrected chi connectivity index (χ4v) is 2.10. The molecule has 0 saturated carbocycles. The van der Waals surface area contributed by atoms with Crippen molar-refractivity contribution >= 4 is 18.1 Å². The van der Waals surface area contributed by atoms with Crippen LogP contribution >= 0.6 is 0 Å². The van der Waals surface area contributed by atoms with Crippen molar-refractivity contribution in [2.24, 2.45) is 14.1 Å². The molecule has 0 N–H and O–H groups in total. The fourth-order valence-electron chi connectivity index (χ4n) is 2.10. The van der Waals surface area contributed by atoms with E-state index in [1.54, 1.807) is 26.5 Å². The highest BCUT2D eigenvalue weighted by Crippen LogP contribution is 2.06. The molecule has 140 valence electrons. The molecule has 25 heavy (non-hydrogen) atoms. The molecule has 0 atom stereocenters. The van der Waals surface area contributed by atoms with Crippen LogP contribution in [0, 0.1) is 0 Å². The highest BCUT2D eigenvalue weighted by atomic mass is 16.7. The van der Waals surface area contributed by atoms with Crippen LogP contribution in [0.5, 0.6) is 0 Å². The maximum atomic E-state index is 10.5. The summed E-state index contributed by atoms with van der Waals surface area (Å²) in [7, 11) is 3.32. The molecule has 9 heteroatoms. The van der Waals surface area contributed by atoms with Crippen molar-refractivity contribution in [3.8, 4) is 0 Å². The second-order valence-corrected chi connectivity index (χ2v) is 5.46. The first-order chi connectivity index (χ1) is 11.9. The topological polar surface area (TPSA) is 111 Å². The minimum Gasteiger partial charge on any atom is -0.538 e. The van der Waals surface area contributed by atoms with Crippen molar-refractivity contribution in [3.05, 3.63) is 18.2 Å². The first kappa shape index (κ1) is 20.5. The predicted octanol–water partition coefficient (Wildman–Crippen LogP) is -0.140. The van der Waals surface area contributed by atoms with Gasteiger partial charge in [0.05, 0.1) is 33.9 Å². The first-order valence-electron chi connectivity index (χ1n) is 8.09. The monoisotopic (exact) mass is 356 g/mol. The molecule has 0 amide bonds. The molecule has 2 saturated heterocycles. The molecule has 3 heterocycles. The van der Waals surface area contributed by atoms with Gasteiger partial charge in [-0.15, -0.1) is 0 Å². The largest absolute Gasteiger partial charge is 0.538 e. The van der Waals surface area contributed by atoms with Gasteiger partial charge in [-0.2, -0.15) is 0 Å². The third-order valence-electron chi connectivity index (χ3n) is 3.38. The zero-order valence-electron chi connectivity index (χ0n) is 14.6. The van der Waals surface area contributed by atoms with Gasteiger partial charge in [0.1, 0.15) is 12.4 Å². The second-order valence-electron chi connectivity index (χ2n) is 5.46. The van der Waals surface area contributed by atoms with E-state index in [1.165, 1.54) is 9.13 Å². The number of aryl methyl sites for hydroxylation is 2. The molecule has 0 bridgehead atoms. The van der Waals surface area contributed by atoms with E-state index in [9.17, 15) is 19.5 Å². The molecule has 0 spiro atoms. The zero-order valence-corrected chi connectivity index (χ0v) is 14.6. The van der Waals surface area contributed by atoms with Crippen molar-refractivity contribution in [3.63, 3.8) is 0 Å². The lowest BCUT2D eigenvalue weighted by Crippen LogP contribution is -2.41. The van der Waals surface area contributed by atoms with Gasteiger partial charge in [-0.3, -0.25) is 4.79 Å². The van der Waals surface area contributed by atoms with Gasteiger partial charge in [0, 0.05) is 12.8 Å². The highest BCUT2D eigenvalue weighted by molar-refractivity contribution is 5.79. The molecule has 0 radical (unpaired) electrons. The van der Waals surface area contributed by atoms with E-state index in [4.69, 9.17) is 4.74 Å². The van der Waals surface area contributed by atoms with Gasteiger partial charge in [0.25, 0.3) is 0 Å². The smallest absolute Gasteiger partial charge is 0.508 e. The molecular weight excluding hydrogens is 332 g/mol. The van der Waals surface area contributed by atoms with Crippen LogP contribution in [0.25, 0.3) is 0 Å². The average molecular weight is 356 g/mol. The van der Waals surface area contributed by atoms with E-state index < -0.39 is 12.1 Å². The molecule has 0 aromatic carbocycles. The third kappa shape index (κ3) is 8.18. The summed E-state index contributed by atoms with van der Waals surface area (Å²) in [6.45, 7) is 1.66. The van der Waals surface area contributed by atoms with E-state index >= 15 is 0 Å². The van der Waals surface area contributed by atoms with Crippen LogP contribution in [0.4, 0.5) is 4.79 Å². The van der Waals surface area contributed by atoms with Crippen molar-refractivity contribution in [2.45, 2.75) is 32.1 Å². The van der Waals surface area contributed by atoms with Gasteiger partial charge < -0.3 is 24.1 Å². The number of carboxylic acid groups (broad SMARTS) is 1. The van der Waals surface area contributed by atoms with Crippen LogP contribution in [0.3, 0.4) is 0 Å². The van der Waals surface area contributed by atoms with Crippen LogP contribution in [0.2, 0.25) is 0 Å². The maximum absolute atomic E-state index is 10.5. The zero-order chi connectivity index (χ0) is 18.7. The number of hydrogen-bond donors (Lipinski definition) is 0. The normalized spacial score (nSPS) is 16.6. The quantitative estimate of drug-likeness (QED) is 0.509. The van der Waals surface area contributed by atoms with Gasteiger partial charge in [0.2, 0.25) is 0 Å². The Bertz CT molecular complexity index is 546. The summed E-state index contributed by atoms with van der Waals surface area (Å²) in [4.78, 5) is 30.8. The number of carbonyl (C=O) groups is 3. The van der Waals surface area contributed by atoms with E-state index in [1.807, 2.05) is 0 Å². The molecule has 0 aliphatic carbocycles. The van der Waals surface area contributed by atoms with Crippen molar-refractivity contribution in [1.29, 1.82) is 0 Å². The maximum Gasteiger partial charge on any atom is 0.508 e. The molecule has 1 aromatic heterocycles. The predicted molar refractivity (Wildman–Crippen MR) is 82.3 cm³/mol. The number of rotatable bonds is 1. The van der Waals surface area contributed by atoms with Gasteiger partial charge in [-0.05, 0) is 19.3 Å². The van der Waals surface area contributed by atoms with Gasteiger partial charge in [-0.1, -0.05) is 0 Å². The summed E-state index contributed by atoms with van der Waals surface area (Å²) in [5, 5.41) is 10.4. The Morgan fingerprint density at radius 3 is 2.16 bits per heavy atom. The van der Waals surface area contributed by atoms with Crippen LogP contribution in [-0.2, 0) is 33.1 Å². The lowest BCUT2D eigenvalue weighted by Gasteiger charge is -2.09. The second kappa shape index (κ2) is 11.1. The summed E-state index contributed by atoms with van der Waals surface area (Å²) in [5.74, 6) is -1.02. The number of aromatic nitrogens is 2. The van der Waals surface area contributed by atoms with Crippen LogP contribution in [0.15, 0.2) is 12.4 Å². The van der Waals surface area contributed by atoms with Crippen LogP contribution in [0.1, 0.15) is 42.7 Å². The number of esters is 1. The minimum atomic E-state index is -1.16. The Kier molecular flexibility index (Phi) is 9.05. The summed E-state index contributed by atoms with van der Waals surface area (Å²) >= 11 is 0. The lowest BCUT2D eigenvalue weighted by atomic mass is 10.2. The molecule has 1 aromatic rings. The van der Waals surface area contributed by atoms with Gasteiger partial charge in [-0.25, -0.2) is 13.9 Å². The van der Waals surface area contributed by atoms with E-state index in [-0.39, 0.29) is 11.8 Å². The molecular formula is C16H24N2O7. The molecule has 2 aliphatic heterocycles. The summed E-state index contributed by atoms with van der Waals surface area (Å²) in [5.41, 5.74) is 0. The van der Waals surface area contributed by atoms with Crippen molar-refractivity contribution < 1.29 is 38.3 Å². The Morgan fingerprint density at radius 2 is 1.72 bits per heavy atom. The number of ether oxygens (including phenoxy) is 3. The number of cyclic esters (lactones) is 3. The number of aromatic carboxylic acids is 1. The van der Waals surface area contributed by atoms with E-state index in [0.717, 1.165) is 25.7 Å². The Morgan fingerprint density at radius 1 is 1.08 bits per heavy atom. The third-order valence-corrected chi connectivity index (χ3v) is 3.38. The minimum absolute atomic E-state index is 0.0255. The van der Waals surface area contributed by atoms with Crippen LogP contribution < -0.4 is 9.67 Å². The van der Waals surface area contributed by atoms with Crippen LogP contribution in [-0.4, -0.2) is 42.5 Å². The number of carboxylic acids is 1. The van der Waals surface area contributed by atoms with Gasteiger partial charge >= 0.3 is 17.9 Å². The van der Waals surface area contributed by atoms with E-state index in [0.29, 0.717) is 26.2 Å². The molecule has 9 nitrogen and oxygen atoms in total.